The molecule has 3 heterocycles. The van der Waals surface area contributed by atoms with Gasteiger partial charge in [0.1, 0.15) is 22.9 Å². The van der Waals surface area contributed by atoms with Crippen LogP contribution in [0.2, 0.25) is 0 Å². The lowest BCUT2D eigenvalue weighted by atomic mass is 10.0. The van der Waals surface area contributed by atoms with E-state index < -0.39 is 40.0 Å². The predicted octanol–water partition coefficient (Wildman–Crippen LogP) is 0.436. The first kappa shape index (κ1) is 19.0. The number of carboxylic acid groups (broad SMARTS) is 1. The number of carboxylic acids is 1. The number of fused-ring (bicyclic) bond motifs is 1. The van der Waals surface area contributed by atoms with Gasteiger partial charge in [0, 0.05) is 10.7 Å². The fraction of sp³-hybridized carbons (Fsp3) is 0.357. The molecule has 27 heavy (non-hydrogen) atoms. The van der Waals surface area contributed by atoms with Crippen molar-refractivity contribution in [2.75, 3.05) is 18.1 Å². The maximum Gasteiger partial charge on any atom is 0.352 e. The van der Waals surface area contributed by atoms with Crippen LogP contribution in [-0.2, 0) is 25.2 Å². The van der Waals surface area contributed by atoms with Crippen LogP contribution in [0.3, 0.4) is 0 Å². The van der Waals surface area contributed by atoms with Gasteiger partial charge in [-0.3, -0.25) is 18.7 Å². The highest BCUT2D eigenvalue weighted by Crippen LogP contribution is 2.40. The molecule has 13 heteroatoms. The maximum atomic E-state index is 12.4. The van der Waals surface area contributed by atoms with E-state index >= 15 is 0 Å². The summed E-state index contributed by atoms with van der Waals surface area (Å²) in [6, 6.07) is 2.11. The number of furan rings is 1. The fourth-order valence-electron chi connectivity index (χ4n) is 2.72. The zero-order valence-corrected chi connectivity index (χ0v) is 15.2. The number of thioether (sulfide) groups is 1. The van der Waals surface area contributed by atoms with Gasteiger partial charge in [-0.25, -0.2) is 4.79 Å². The Morgan fingerprint density at radius 3 is 2.96 bits per heavy atom. The number of nitrogens with one attached hydrogen (secondary N) is 1. The summed E-state index contributed by atoms with van der Waals surface area (Å²) >= 11 is 1.25. The molecule has 0 radical (unpaired) electrons. The quantitative estimate of drug-likeness (QED) is 0.284. The van der Waals surface area contributed by atoms with Crippen LogP contribution in [0, 0.1) is 0 Å². The first-order valence-corrected chi connectivity index (χ1v) is 9.93. The lowest BCUT2D eigenvalue weighted by molar-refractivity contribution is -0.150. The van der Waals surface area contributed by atoms with Gasteiger partial charge >= 0.3 is 5.97 Å². The summed E-state index contributed by atoms with van der Waals surface area (Å²) in [5.74, 6) is -2.62. The molecular formula is C14H13N5O6S2. The Balaban J connectivity index is 1.68. The van der Waals surface area contributed by atoms with Crippen molar-refractivity contribution in [1.29, 1.82) is 0 Å². The Labute approximate surface area is 158 Å². The minimum Gasteiger partial charge on any atom is -0.477 e. The van der Waals surface area contributed by atoms with E-state index in [4.69, 9.17) is 9.95 Å². The summed E-state index contributed by atoms with van der Waals surface area (Å²) in [4.78, 5) is 39.7. The van der Waals surface area contributed by atoms with E-state index in [-0.39, 0.29) is 28.8 Å². The molecule has 142 valence electrons. The van der Waals surface area contributed by atoms with Crippen molar-refractivity contribution < 1.29 is 28.1 Å². The molecule has 2 aliphatic rings. The Hall–Kier alpha value is -2.76. The second-order valence-corrected chi connectivity index (χ2v) is 8.01. The monoisotopic (exact) mass is 411 g/mol. The molecule has 11 nitrogen and oxygen atoms in total. The average molecular weight is 411 g/mol. The van der Waals surface area contributed by atoms with Crippen LogP contribution < -0.4 is 5.32 Å². The molecule has 2 N–H and O–H groups in total. The van der Waals surface area contributed by atoms with Gasteiger partial charge in [-0.05, 0) is 23.2 Å². The number of hydrogen-bond acceptors (Lipinski definition) is 7. The number of amides is 2. The van der Waals surface area contributed by atoms with Crippen molar-refractivity contribution >= 4 is 40.3 Å². The molecule has 2 amide bonds. The molecule has 3 rings (SSSR count). The van der Waals surface area contributed by atoms with E-state index in [1.807, 2.05) is 0 Å². The van der Waals surface area contributed by atoms with Crippen molar-refractivity contribution in [3.63, 3.8) is 0 Å². The molecule has 2 unspecified atom stereocenters. The van der Waals surface area contributed by atoms with E-state index in [2.05, 4.69) is 15.3 Å². The number of azide groups is 1. The van der Waals surface area contributed by atoms with Gasteiger partial charge in [0.05, 0.1) is 23.6 Å². The smallest absolute Gasteiger partial charge is 0.352 e. The first-order chi connectivity index (χ1) is 12.9. The topological polar surface area (TPSA) is 166 Å². The molecule has 0 bridgehead atoms. The molecule has 0 aromatic carbocycles. The second-order valence-electron chi connectivity index (χ2n) is 5.52. The van der Waals surface area contributed by atoms with E-state index in [9.17, 15) is 23.7 Å². The van der Waals surface area contributed by atoms with Crippen LogP contribution in [0.1, 0.15) is 0 Å². The highest BCUT2D eigenvalue weighted by Gasteiger charge is 2.54. The van der Waals surface area contributed by atoms with Crippen LogP contribution in [0.5, 0.6) is 0 Å². The van der Waals surface area contributed by atoms with E-state index in [1.54, 1.807) is 6.07 Å². The Morgan fingerprint density at radius 1 is 1.56 bits per heavy atom. The van der Waals surface area contributed by atoms with Gasteiger partial charge in [0.25, 0.3) is 5.91 Å². The number of nitrogens with zero attached hydrogens (tertiary/aromatic N) is 4. The minimum absolute atomic E-state index is 0.151. The lowest BCUT2D eigenvalue weighted by Gasteiger charge is -2.49. The number of carbonyl (C=O) groups is 3. The zero-order chi connectivity index (χ0) is 19.6. The molecule has 1 aromatic heterocycles. The van der Waals surface area contributed by atoms with Crippen molar-refractivity contribution in [3.05, 3.63) is 40.1 Å². The zero-order valence-electron chi connectivity index (χ0n) is 13.6. The van der Waals surface area contributed by atoms with E-state index in [0.717, 1.165) is 4.90 Å². The van der Waals surface area contributed by atoms with Crippen LogP contribution in [0.4, 0.5) is 0 Å². The summed E-state index contributed by atoms with van der Waals surface area (Å²) in [6.07, 6.45) is 1.34. The molecule has 0 spiro atoms. The van der Waals surface area contributed by atoms with E-state index in [0.29, 0.717) is 5.57 Å². The number of carbonyl (C=O) groups excluding carboxylic acids is 2. The minimum atomic E-state index is -1.68. The van der Waals surface area contributed by atoms with Gasteiger partial charge in [0.2, 0.25) is 5.91 Å². The Bertz CT molecular complexity index is 892. The van der Waals surface area contributed by atoms with E-state index in [1.165, 1.54) is 24.1 Å². The SMILES string of the molecule is [N-]=[N+]=NCC1=C(C(=O)O)N2C(=O)C(NC(=O)CS(=O)c3ccco3)[C@@H]2SC1. The number of hydrogen-bond donors (Lipinski definition) is 2. The first-order valence-electron chi connectivity index (χ1n) is 7.56. The second kappa shape index (κ2) is 7.86. The van der Waals surface area contributed by atoms with Crippen LogP contribution in [-0.4, -0.2) is 61.5 Å². The highest BCUT2D eigenvalue weighted by molar-refractivity contribution is 8.00. The summed E-state index contributed by atoms with van der Waals surface area (Å²) < 4.78 is 17.0. The summed E-state index contributed by atoms with van der Waals surface area (Å²) in [5.41, 5.74) is 8.52. The predicted molar refractivity (Wildman–Crippen MR) is 93.7 cm³/mol. The Kier molecular flexibility index (Phi) is 5.54. The van der Waals surface area contributed by atoms with Crippen molar-refractivity contribution in [3.8, 4) is 0 Å². The molecule has 1 aromatic rings. The maximum absolute atomic E-state index is 12.4. The van der Waals surface area contributed by atoms with Crippen molar-refractivity contribution in [2.45, 2.75) is 16.5 Å². The van der Waals surface area contributed by atoms with Crippen LogP contribution in [0.15, 0.2) is 44.3 Å². The number of rotatable bonds is 7. The van der Waals surface area contributed by atoms with Crippen LogP contribution >= 0.6 is 11.8 Å². The third kappa shape index (κ3) is 3.70. The molecule has 3 atom stereocenters. The normalized spacial score (nSPS) is 22.4. The van der Waals surface area contributed by atoms with Gasteiger partial charge in [-0.15, -0.1) is 11.8 Å². The molecule has 1 fully saturated rings. The summed E-state index contributed by atoms with van der Waals surface area (Å²) in [5, 5.41) is 14.8. The lowest BCUT2D eigenvalue weighted by Crippen LogP contribution is -2.70. The third-order valence-corrected chi connectivity index (χ3v) is 6.42. The number of β-lactam (4-membered cyclic amide) rings is 1. The third-order valence-electron chi connectivity index (χ3n) is 3.87. The van der Waals surface area contributed by atoms with Gasteiger partial charge in [-0.1, -0.05) is 5.11 Å². The van der Waals surface area contributed by atoms with Gasteiger partial charge < -0.3 is 14.8 Å². The molecule has 1 saturated heterocycles. The number of aliphatic carboxylic acids is 1. The molecular weight excluding hydrogens is 398 g/mol. The fourth-order valence-corrected chi connectivity index (χ4v) is 4.91. The molecule has 0 aliphatic carbocycles. The highest BCUT2D eigenvalue weighted by atomic mass is 32.2. The summed E-state index contributed by atoms with van der Waals surface area (Å²) in [6.45, 7) is -0.152. The van der Waals surface area contributed by atoms with Gasteiger partial charge in [0.15, 0.2) is 5.09 Å². The Morgan fingerprint density at radius 2 is 2.33 bits per heavy atom. The molecule has 0 saturated carbocycles. The standard InChI is InChI=1S/C14H13N5O6S2/c15-18-16-4-7-5-26-13-10(12(21)19(13)11(7)14(22)23)17-8(20)6-27(24)9-2-1-3-25-9/h1-3,10,13H,4-6H2,(H,17,20)(H,22,23)/t10?,13-,27?/m0/s1. The van der Waals surface area contributed by atoms with Crippen LogP contribution in [0.25, 0.3) is 10.4 Å². The van der Waals surface area contributed by atoms with Gasteiger partial charge in [-0.2, -0.15) is 0 Å². The molecule has 2 aliphatic heterocycles. The van der Waals surface area contributed by atoms with Crippen molar-refractivity contribution in [1.82, 2.24) is 10.2 Å². The average Bonchev–Trinajstić information content (AvgIpc) is 3.18. The summed E-state index contributed by atoms with van der Waals surface area (Å²) in [7, 11) is -1.68. The van der Waals surface area contributed by atoms with Crippen molar-refractivity contribution in [2.24, 2.45) is 5.11 Å². The largest absolute Gasteiger partial charge is 0.477 e.